The molecule has 0 aromatic heterocycles. The van der Waals surface area contributed by atoms with E-state index in [1.807, 2.05) is 0 Å². The van der Waals surface area contributed by atoms with Crippen molar-refractivity contribution in [2.75, 3.05) is 17.6 Å². The van der Waals surface area contributed by atoms with E-state index in [0.29, 0.717) is 11.3 Å². The second-order valence-electron chi connectivity index (χ2n) is 3.06. The molecule has 0 saturated heterocycles. The average Bonchev–Trinajstić information content (AvgIpc) is 2.15. The van der Waals surface area contributed by atoms with Gasteiger partial charge in [-0.05, 0) is 17.7 Å². The van der Waals surface area contributed by atoms with Crippen molar-refractivity contribution in [2.45, 2.75) is 6.61 Å². The Kier molecular flexibility index (Phi) is 5.39. The minimum atomic E-state index is -3.23. The molecule has 0 saturated carbocycles. The monoisotopic (exact) mass is 222 g/mol. The zero-order valence-electron chi connectivity index (χ0n) is 9.14. The van der Waals surface area contributed by atoms with Crippen LogP contribution in [0, 0.1) is 0 Å². The molecule has 15 heavy (non-hydrogen) atoms. The number of hydrogen-bond donors (Lipinski definition) is 1. The Bertz CT molecular complexity index is 419. The van der Waals surface area contributed by atoms with E-state index in [4.69, 9.17) is 5.11 Å². The Morgan fingerprint density at radius 1 is 1.40 bits per heavy atom. The zero-order chi connectivity index (χ0) is 10.8. The first-order valence-corrected chi connectivity index (χ1v) is 5.93. The molecule has 0 amide bonds. The maximum Gasteiger partial charge on any atom is 0.231 e. The van der Waals surface area contributed by atoms with Crippen LogP contribution in [0.5, 0.6) is 0 Å². The quantitative estimate of drug-likeness (QED) is 0.743. The van der Waals surface area contributed by atoms with Crippen LogP contribution in [-0.4, -0.2) is 45.7 Å². The molecule has 0 aliphatic carbocycles. The van der Waals surface area contributed by atoms with Gasteiger partial charge in [-0.2, -0.15) is 0 Å². The SMILES string of the molecule is CN(c1cccc(CO)c1)S(C)(=O)=O.[Li]. The van der Waals surface area contributed by atoms with E-state index in [1.54, 1.807) is 24.3 Å². The van der Waals surface area contributed by atoms with Gasteiger partial charge in [-0.1, -0.05) is 12.1 Å². The van der Waals surface area contributed by atoms with E-state index >= 15 is 0 Å². The van der Waals surface area contributed by atoms with Crippen molar-refractivity contribution in [3.8, 4) is 0 Å². The molecule has 0 atom stereocenters. The summed E-state index contributed by atoms with van der Waals surface area (Å²) < 4.78 is 23.6. The molecule has 0 fully saturated rings. The van der Waals surface area contributed by atoms with E-state index in [9.17, 15) is 8.42 Å². The molecule has 1 aromatic rings. The normalized spacial score (nSPS) is 10.6. The summed E-state index contributed by atoms with van der Waals surface area (Å²) in [6.45, 7) is -0.0918. The number of benzene rings is 1. The van der Waals surface area contributed by atoms with Gasteiger partial charge in [0.2, 0.25) is 10.0 Å². The molecule has 0 aliphatic heterocycles. The van der Waals surface area contributed by atoms with Gasteiger partial charge in [-0.25, -0.2) is 8.42 Å². The number of anilines is 1. The molecular formula is C9H13LiNO3S. The molecule has 1 N–H and O–H groups in total. The molecule has 0 spiro atoms. The Hall–Kier alpha value is -0.473. The van der Waals surface area contributed by atoms with Crippen LogP contribution in [0.1, 0.15) is 5.56 Å². The Labute approximate surface area is 102 Å². The average molecular weight is 222 g/mol. The third-order valence-corrected chi connectivity index (χ3v) is 3.16. The number of sulfonamides is 1. The molecular weight excluding hydrogens is 209 g/mol. The number of aliphatic hydroxyl groups excluding tert-OH is 1. The van der Waals surface area contributed by atoms with Crippen LogP contribution >= 0.6 is 0 Å². The predicted molar refractivity (Wildman–Crippen MR) is 61.4 cm³/mol. The molecule has 0 heterocycles. The van der Waals surface area contributed by atoms with Gasteiger partial charge in [-0.15, -0.1) is 0 Å². The Morgan fingerprint density at radius 3 is 2.47 bits per heavy atom. The van der Waals surface area contributed by atoms with E-state index in [2.05, 4.69) is 0 Å². The molecule has 4 nitrogen and oxygen atoms in total. The number of rotatable bonds is 3. The van der Waals surface area contributed by atoms with Crippen LogP contribution in [0.2, 0.25) is 0 Å². The fourth-order valence-electron chi connectivity index (χ4n) is 1.04. The summed E-state index contributed by atoms with van der Waals surface area (Å²) in [5.41, 5.74) is 1.25. The van der Waals surface area contributed by atoms with E-state index < -0.39 is 10.0 Å². The van der Waals surface area contributed by atoms with Crippen molar-refractivity contribution in [2.24, 2.45) is 0 Å². The van der Waals surface area contributed by atoms with Crippen molar-refractivity contribution in [3.63, 3.8) is 0 Å². The van der Waals surface area contributed by atoms with E-state index in [0.717, 1.165) is 6.26 Å². The van der Waals surface area contributed by atoms with Gasteiger partial charge in [0.1, 0.15) is 0 Å². The summed E-state index contributed by atoms with van der Waals surface area (Å²) in [6.07, 6.45) is 1.14. The van der Waals surface area contributed by atoms with Crippen LogP contribution < -0.4 is 4.31 Å². The largest absolute Gasteiger partial charge is 0.392 e. The van der Waals surface area contributed by atoms with Gasteiger partial charge in [0, 0.05) is 25.9 Å². The molecule has 1 rings (SSSR count). The first-order chi connectivity index (χ1) is 6.45. The van der Waals surface area contributed by atoms with Gasteiger partial charge < -0.3 is 5.11 Å². The third-order valence-electron chi connectivity index (χ3n) is 1.95. The topological polar surface area (TPSA) is 57.6 Å². The second-order valence-corrected chi connectivity index (χ2v) is 5.07. The molecule has 1 aromatic carbocycles. The minimum absolute atomic E-state index is 0. The van der Waals surface area contributed by atoms with Gasteiger partial charge in [-0.3, -0.25) is 4.31 Å². The van der Waals surface area contributed by atoms with Crippen LogP contribution in [0.3, 0.4) is 0 Å². The Balaban J connectivity index is 0.00000196. The number of nitrogens with zero attached hydrogens (tertiary/aromatic N) is 1. The summed E-state index contributed by atoms with van der Waals surface area (Å²) in [6, 6.07) is 6.77. The van der Waals surface area contributed by atoms with Crippen LogP contribution in [0.15, 0.2) is 24.3 Å². The fourth-order valence-corrected chi connectivity index (χ4v) is 1.54. The van der Waals surface area contributed by atoms with Gasteiger partial charge in [0.25, 0.3) is 0 Å². The smallest absolute Gasteiger partial charge is 0.231 e. The second kappa shape index (κ2) is 5.57. The van der Waals surface area contributed by atoms with Crippen LogP contribution in [-0.2, 0) is 16.6 Å². The van der Waals surface area contributed by atoms with Gasteiger partial charge in [0.05, 0.1) is 18.6 Å². The third kappa shape index (κ3) is 3.88. The molecule has 0 unspecified atom stereocenters. The standard InChI is InChI=1S/C9H13NO3S.Li/c1-10(14(2,12)13)9-5-3-4-8(6-9)7-11;/h3-6,11H,7H2,1-2H3;. The molecule has 6 heteroatoms. The first kappa shape index (κ1) is 14.5. The predicted octanol–water partition coefficient (Wildman–Crippen LogP) is 0.194. The summed E-state index contributed by atoms with van der Waals surface area (Å²) in [5, 5.41) is 8.88. The molecule has 79 valence electrons. The maximum atomic E-state index is 11.2. The van der Waals surface area contributed by atoms with Crippen molar-refractivity contribution in [1.82, 2.24) is 0 Å². The molecule has 0 aliphatic rings. The van der Waals surface area contributed by atoms with Crippen LogP contribution in [0.25, 0.3) is 0 Å². The van der Waals surface area contributed by atoms with Crippen LogP contribution in [0.4, 0.5) is 5.69 Å². The summed E-state index contributed by atoms with van der Waals surface area (Å²) in [5.74, 6) is 0. The van der Waals surface area contributed by atoms with E-state index in [-0.39, 0.29) is 25.5 Å². The molecule has 0 bridgehead atoms. The van der Waals surface area contributed by atoms with Crippen molar-refractivity contribution < 1.29 is 13.5 Å². The number of hydrogen-bond acceptors (Lipinski definition) is 3. The van der Waals surface area contributed by atoms with Gasteiger partial charge >= 0.3 is 0 Å². The Morgan fingerprint density at radius 2 is 2.00 bits per heavy atom. The fraction of sp³-hybridized carbons (Fsp3) is 0.333. The van der Waals surface area contributed by atoms with Gasteiger partial charge in [0.15, 0.2) is 0 Å². The van der Waals surface area contributed by atoms with E-state index in [1.165, 1.54) is 11.4 Å². The summed E-state index contributed by atoms with van der Waals surface area (Å²) in [4.78, 5) is 0. The zero-order valence-corrected chi connectivity index (χ0v) is 9.95. The van der Waals surface area contributed by atoms with Crippen molar-refractivity contribution in [1.29, 1.82) is 0 Å². The molecule has 1 radical (unpaired) electrons. The van der Waals surface area contributed by atoms with Crippen molar-refractivity contribution >= 4 is 34.6 Å². The summed E-state index contributed by atoms with van der Waals surface area (Å²) >= 11 is 0. The summed E-state index contributed by atoms with van der Waals surface area (Å²) in [7, 11) is -1.75. The first-order valence-electron chi connectivity index (χ1n) is 4.09. The number of aliphatic hydroxyl groups is 1. The maximum absolute atomic E-state index is 11.2. The minimum Gasteiger partial charge on any atom is -0.392 e. The van der Waals surface area contributed by atoms with Crippen molar-refractivity contribution in [3.05, 3.63) is 29.8 Å².